The van der Waals surface area contributed by atoms with Crippen molar-refractivity contribution in [2.24, 2.45) is 0 Å². The lowest BCUT2D eigenvalue weighted by atomic mass is 9.90. The Labute approximate surface area is 223 Å². The van der Waals surface area contributed by atoms with Crippen LogP contribution in [-0.2, 0) is 27.3 Å². The molecule has 0 unspecified atom stereocenters. The van der Waals surface area contributed by atoms with Crippen molar-refractivity contribution in [1.82, 2.24) is 19.9 Å². The van der Waals surface area contributed by atoms with Gasteiger partial charge in [0.1, 0.15) is 15.7 Å². The summed E-state index contributed by atoms with van der Waals surface area (Å²) in [5, 5.41) is 2.74. The molecule has 1 amide bonds. The minimum atomic E-state index is -0.257. The lowest BCUT2D eigenvalue weighted by Gasteiger charge is -2.36. The normalized spacial score (nSPS) is 19.9. The number of likely N-dealkylation sites (tertiary alicyclic amines) is 1. The standard InChI is InChI=1S/C25H31N5O3S3/c1-25(2)12-15-16(13-33-25)21(30-8-10-32-11-9-30)27-22-18(15)19-20(36-22)23(28-24(26-19)34-3)35-14-17(31)29-6-4-5-7-29/h4-14H2,1-3H3. The molecule has 0 spiro atoms. The predicted octanol–water partition coefficient (Wildman–Crippen LogP) is 4.36. The van der Waals surface area contributed by atoms with Crippen molar-refractivity contribution >= 4 is 67.0 Å². The van der Waals surface area contributed by atoms with Gasteiger partial charge in [-0.3, -0.25) is 4.79 Å². The third kappa shape index (κ3) is 4.57. The molecule has 0 saturated carbocycles. The molecule has 0 aromatic carbocycles. The first kappa shape index (κ1) is 24.7. The number of hydrogen-bond acceptors (Lipinski definition) is 10. The van der Waals surface area contributed by atoms with Crippen LogP contribution in [0.2, 0.25) is 0 Å². The number of rotatable bonds is 5. The average molecular weight is 546 g/mol. The molecule has 0 bridgehead atoms. The molecule has 36 heavy (non-hydrogen) atoms. The maximum absolute atomic E-state index is 12.8. The van der Waals surface area contributed by atoms with Crippen LogP contribution < -0.4 is 4.90 Å². The van der Waals surface area contributed by atoms with Gasteiger partial charge in [-0.2, -0.15) is 0 Å². The molecule has 0 aliphatic carbocycles. The first-order valence-electron chi connectivity index (χ1n) is 12.5. The van der Waals surface area contributed by atoms with Gasteiger partial charge in [-0.15, -0.1) is 11.3 Å². The highest BCUT2D eigenvalue weighted by Gasteiger charge is 2.33. The molecule has 0 N–H and O–H groups in total. The Morgan fingerprint density at radius 3 is 2.61 bits per heavy atom. The zero-order chi connectivity index (χ0) is 24.9. The smallest absolute Gasteiger partial charge is 0.232 e. The first-order chi connectivity index (χ1) is 17.4. The monoisotopic (exact) mass is 545 g/mol. The van der Waals surface area contributed by atoms with Crippen LogP contribution in [0.3, 0.4) is 0 Å². The number of thiophene rings is 1. The van der Waals surface area contributed by atoms with Gasteiger partial charge in [0.2, 0.25) is 5.91 Å². The highest BCUT2D eigenvalue weighted by Crippen LogP contribution is 2.45. The van der Waals surface area contributed by atoms with Crippen LogP contribution >= 0.6 is 34.9 Å². The lowest BCUT2D eigenvalue weighted by molar-refractivity contribution is -0.127. The molecule has 2 fully saturated rings. The molecule has 6 heterocycles. The number of pyridine rings is 1. The van der Waals surface area contributed by atoms with Crippen LogP contribution in [0.25, 0.3) is 20.4 Å². The summed E-state index contributed by atoms with van der Waals surface area (Å²) < 4.78 is 12.9. The maximum atomic E-state index is 12.8. The summed E-state index contributed by atoms with van der Waals surface area (Å²) >= 11 is 4.73. The van der Waals surface area contributed by atoms with Gasteiger partial charge in [-0.05, 0) is 38.5 Å². The minimum absolute atomic E-state index is 0.195. The number of fused-ring (bicyclic) bond motifs is 5. The number of anilines is 1. The van der Waals surface area contributed by atoms with E-state index in [2.05, 4.69) is 18.7 Å². The Morgan fingerprint density at radius 1 is 1.08 bits per heavy atom. The molecule has 8 nitrogen and oxygen atoms in total. The van der Waals surface area contributed by atoms with Crippen LogP contribution in [0, 0.1) is 0 Å². The number of ether oxygens (including phenoxy) is 2. The van der Waals surface area contributed by atoms with E-state index in [9.17, 15) is 4.79 Å². The SMILES string of the molecule is CSc1nc(SCC(=O)N2CCCC2)c2sc3nc(N4CCOCC4)c4c(c3c2n1)CC(C)(C)OC4. The maximum Gasteiger partial charge on any atom is 0.232 e. The van der Waals surface area contributed by atoms with E-state index in [-0.39, 0.29) is 11.5 Å². The largest absolute Gasteiger partial charge is 0.378 e. The number of morpholine rings is 1. The van der Waals surface area contributed by atoms with E-state index in [1.807, 2.05) is 11.2 Å². The molecular weight excluding hydrogens is 515 g/mol. The number of nitrogens with zero attached hydrogens (tertiary/aromatic N) is 5. The Kier molecular flexibility index (Phi) is 6.78. The van der Waals surface area contributed by atoms with Crippen LogP contribution in [-0.4, -0.2) is 82.8 Å². The lowest BCUT2D eigenvalue weighted by Crippen LogP contribution is -2.39. The molecule has 11 heteroatoms. The number of amides is 1. The molecule has 3 aliphatic rings. The van der Waals surface area contributed by atoms with Crippen LogP contribution in [0.1, 0.15) is 37.8 Å². The van der Waals surface area contributed by atoms with Crippen LogP contribution in [0.5, 0.6) is 0 Å². The van der Waals surface area contributed by atoms with E-state index < -0.39 is 0 Å². The fraction of sp³-hybridized carbons (Fsp3) is 0.600. The average Bonchev–Trinajstić information content (AvgIpc) is 3.55. The topological polar surface area (TPSA) is 80.7 Å². The summed E-state index contributed by atoms with van der Waals surface area (Å²) in [6.07, 6.45) is 5.01. The minimum Gasteiger partial charge on any atom is -0.378 e. The number of carbonyl (C=O) groups excluding carboxylic acids is 1. The fourth-order valence-electron chi connectivity index (χ4n) is 5.23. The summed E-state index contributed by atoms with van der Waals surface area (Å²) in [7, 11) is 0. The van der Waals surface area contributed by atoms with Gasteiger partial charge in [0.05, 0.1) is 41.4 Å². The zero-order valence-electron chi connectivity index (χ0n) is 21.0. The van der Waals surface area contributed by atoms with Gasteiger partial charge in [-0.1, -0.05) is 23.5 Å². The number of thioether (sulfide) groups is 2. The third-order valence-electron chi connectivity index (χ3n) is 7.10. The molecule has 192 valence electrons. The number of hydrogen-bond donors (Lipinski definition) is 0. The van der Waals surface area contributed by atoms with Gasteiger partial charge in [0, 0.05) is 43.5 Å². The van der Waals surface area contributed by atoms with Crippen molar-refractivity contribution in [2.45, 2.75) is 55.5 Å². The summed E-state index contributed by atoms with van der Waals surface area (Å²) in [6.45, 7) is 9.67. The molecule has 3 aliphatic heterocycles. The van der Waals surface area contributed by atoms with Crippen molar-refractivity contribution in [1.29, 1.82) is 0 Å². The van der Waals surface area contributed by atoms with E-state index in [1.165, 1.54) is 34.7 Å². The van der Waals surface area contributed by atoms with Gasteiger partial charge in [-0.25, -0.2) is 15.0 Å². The molecule has 0 radical (unpaired) electrons. The summed E-state index contributed by atoms with van der Waals surface area (Å²) in [6, 6.07) is 0. The molecule has 3 aromatic heterocycles. The number of carbonyl (C=O) groups is 1. The Hall–Kier alpha value is -1.66. The predicted molar refractivity (Wildman–Crippen MR) is 147 cm³/mol. The van der Waals surface area contributed by atoms with E-state index in [1.54, 1.807) is 11.3 Å². The van der Waals surface area contributed by atoms with Crippen molar-refractivity contribution in [3.63, 3.8) is 0 Å². The van der Waals surface area contributed by atoms with E-state index >= 15 is 0 Å². The van der Waals surface area contributed by atoms with Gasteiger partial charge >= 0.3 is 0 Å². The van der Waals surface area contributed by atoms with Crippen molar-refractivity contribution < 1.29 is 14.3 Å². The number of aromatic nitrogens is 3. The Balaban J connectivity index is 1.48. The van der Waals surface area contributed by atoms with Crippen molar-refractivity contribution in [3.8, 4) is 0 Å². The molecule has 0 atom stereocenters. The fourth-order valence-corrected chi connectivity index (χ4v) is 7.80. The van der Waals surface area contributed by atoms with E-state index in [0.29, 0.717) is 25.6 Å². The Bertz CT molecular complexity index is 1320. The summed E-state index contributed by atoms with van der Waals surface area (Å²) in [4.78, 5) is 33.1. The van der Waals surface area contributed by atoms with Crippen molar-refractivity contribution in [3.05, 3.63) is 11.1 Å². The van der Waals surface area contributed by atoms with E-state index in [0.717, 1.165) is 81.9 Å². The Morgan fingerprint density at radius 2 is 1.86 bits per heavy atom. The second-order valence-corrected chi connectivity index (χ2v) is 12.8. The highest BCUT2D eigenvalue weighted by atomic mass is 32.2. The molecular formula is C25H31N5O3S3. The van der Waals surface area contributed by atoms with Gasteiger partial charge in [0.25, 0.3) is 0 Å². The second kappa shape index (κ2) is 9.90. The second-order valence-electron chi connectivity index (χ2n) is 10.1. The van der Waals surface area contributed by atoms with Crippen LogP contribution in [0.15, 0.2) is 10.2 Å². The zero-order valence-corrected chi connectivity index (χ0v) is 23.4. The third-order valence-corrected chi connectivity index (χ3v) is 9.82. The summed E-state index contributed by atoms with van der Waals surface area (Å²) in [5.74, 6) is 1.61. The van der Waals surface area contributed by atoms with Crippen LogP contribution in [0.4, 0.5) is 5.82 Å². The molecule has 6 rings (SSSR count). The van der Waals surface area contributed by atoms with Crippen molar-refractivity contribution in [2.75, 3.05) is 56.3 Å². The first-order valence-corrected chi connectivity index (χ1v) is 15.5. The summed E-state index contributed by atoms with van der Waals surface area (Å²) in [5.41, 5.74) is 3.16. The highest BCUT2D eigenvalue weighted by molar-refractivity contribution is 8.00. The quantitative estimate of drug-likeness (QED) is 0.264. The molecule has 3 aromatic rings. The molecule has 2 saturated heterocycles. The van der Waals surface area contributed by atoms with E-state index in [4.69, 9.17) is 24.4 Å². The van der Waals surface area contributed by atoms with Gasteiger partial charge in [0.15, 0.2) is 5.16 Å². The van der Waals surface area contributed by atoms with Gasteiger partial charge < -0.3 is 19.3 Å².